The van der Waals surface area contributed by atoms with Crippen LogP contribution in [-0.4, -0.2) is 64.0 Å². The summed E-state index contributed by atoms with van der Waals surface area (Å²) in [5.74, 6) is -0.271. The van der Waals surface area contributed by atoms with Crippen molar-refractivity contribution in [2.24, 2.45) is 0 Å². The van der Waals surface area contributed by atoms with Crippen molar-refractivity contribution in [3.63, 3.8) is 0 Å². The van der Waals surface area contributed by atoms with Gasteiger partial charge < -0.3 is 19.6 Å². The van der Waals surface area contributed by atoms with Crippen molar-refractivity contribution in [1.82, 2.24) is 24.5 Å². The van der Waals surface area contributed by atoms with Crippen LogP contribution >= 0.6 is 15.9 Å². The van der Waals surface area contributed by atoms with Gasteiger partial charge in [0.1, 0.15) is 0 Å². The number of halogens is 4. The first kappa shape index (κ1) is 28.4. The summed E-state index contributed by atoms with van der Waals surface area (Å²) in [4.78, 5) is 32.7. The van der Waals surface area contributed by atoms with Crippen LogP contribution in [0.25, 0.3) is 5.52 Å². The van der Waals surface area contributed by atoms with Crippen LogP contribution in [0.2, 0.25) is 0 Å². The number of hydrogen-bond acceptors (Lipinski definition) is 4. The Labute approximate surface area is 228 Å². The fraction of sp³-hybridized carbons (Fsp3) is 0.481. The van der Waals surface area contributed by atoms with Crippen LogP contribution in [-0.2, 0) is 6.54 Å². The first-order chi connectivity index (χ1) is 17.8. The fourth-order valence-electron chi connectivity index (χ4n) is 5.29. The van der Waals surface area contributed by atoms with Crippen LogP contribution in [0.15, 0.2) is 33.7 Å². The van der Waals surface area contributed by atoms with Crippen LogP contribution in [0.4, 0.5) is 13.2 Å². The number of aromatic amines is 1. The van der Waals surface area contributed by atoms with Gasteiger partial charge in [-0.15, -0.1) is 0 Å². The van der Waals surface area contributed by atoms with E-state index in [1.54, 1.807) is 0 Å². The Morgan fingerprint density at radius 2 is 1.82 bits per heavy atom. The monoisotopic (exact) mass is 595 g/mol. The highest BCUT2D eigenvalue weighted by Gasteiger charge is 2.30. The first-order valence-corrected chi connectivity index (χ1v) is 13.4. The van der Waals surface area contributed by atoms with Gasteiger partial charge in [-0.2, -0.15) is 13.2 Å². The van der Waals surface area contributed by atoms with Gasteiger partial charge in [-0.05, 0) is 73.0 Å². The zero-order chi connectivity index (χ0) is 27.8. The largest absolute Gasteiger partial charge is 0.390 e. The van der Waals surface area contributed by atoms with Crippen LogP contribution in [0.5, 0.6) is 0 Å². The minimum Gasteiger partial charge on any atom is -0.348 e. The van der Waals surface area contributed by atoms with Crippen molar-refractivity contribution in [3.05, 3.63) is 72.9 Å². The van der Waals surface area contributed by atoms with Crippen molar-refractivity contribution < 1.29 is 18.0 Å². The molecule has 0 saturated carbocycles. The molecule has 38 heavy (non-hydrogen) atoms. The molecule has 0 radical (unpaired) electrons. The van der Waals surface area contributed by atoms with Gasteiger partial charge in [0.2, 0.25) is 0 Å². The van der Waals surface area contributed by atoms with Crippen LogP contribution < -0.4 is 10.9 Å². The lowest BCUT2D eigenvalue weighted by Gasteiger charge is -2.39. The molecule has 1 aliphatic heterocycles. The maximum Gasteiger partial charge on any atom is 0.390 e. The Bertz CT molecular complexity index is 1390. The predicted octanol–water partition coefficient (Wildman–Crippen LogP) is 4.88. The van der Waals surface area contributed by atoms with E-state index < -0.39 is 12.6 Å². The zero-order valence-corrected chi connectivity index (χ0v) is 23.6. The molecule has 4 rings (SSSR count). The van der Waals surface area contributed by atoms with E-state index >= 15 is 0 Å². The van der Waals surface area contributed by atoms with Crippen LogP contribution in [0.1, 0.15) is 57.8 Å². The second kappa shape index (κ2) is 11.2. The molecule has 1 fully saturated rings. The second-order valence-corrected chi connectivity index (χ2v) is 11.0. The lowest BCUT2D eigenvalue weighted by molar-refractivity contribution is -0.138. The van der Waals surface area contributed by atoms with E-state index in [1.807, 2.05) is 50.1 Å². The minimum atomic E-state index is -4.15. The zero-order valence-electron chi connectivity index (χ0n) is 22.0. The van der Waals surface area contributed by atoms with Crippen LogP contribution in [0, 0.1) is 20.8 Å². The minimum absolute atomic E-state index is 0.0124. The molecular weight excluding hydrogens is 563 g/mol. The topological polar surface area (TPSA) is 72.9 Å². The molecule has 0 aromatic carbocycles. The lowest BCUT2D eigenvalue weighted by Crippen LogP contribution is -2.48. The molecule has 1 unspecified atom stereocenters. The Morgan fingerprint density at radius 3 is 2.45 bits per heavy atom. The van der Waals surface area contributed by atoms with E-state index in [0.717, 1.165) is 32.5 Å². The molecule has 4 heterocycles. The van der Waals surface area contributed by atoms with Crippen LogP contribution in [0.3, 0.4) is 0 Å². The third-order valence-electron chi connectivity index (χ3n) is 7.38. The normalized spacial score (nSPS) is 16.2. The number of nitrogens with one attached hydrogen (secondary N) is 2. The SMILES string of the molecule is Cc1cc(C)c(CNC(=O)c2cc3cc(Br)cn3c(C(C)N3CCN(CCC(F)(F)F)CC3)c2C)c(=O)[nH]1. The van der Waals surface area contributed by atoms with Crippen molar-refractivity contribution in [2.45, 2.75) is 52.9 Å². The number of fused-ring (bicyclic) bond motifs is 1. The summed E-state index contributed by atoms with van der Waals surface area (Å²) in [5, 5.41) is 2.91. The summed E-state index contributed by atoms with van der Waals surface area (Å²) in [6.45, 7) is 10.2. The number of aromatic nitrogens is 2. The smallest absolute Gasteiger partial charge is 0.348 e. The van der Waals surface area contributed by atoms with Gasteiger partial charge in [0.05, 0.1) is 6.42 Å². The number of piperazine rings is 1. The van der Waals surface area contributed by atoms with Gasteiger partial charge in [0, 0.05) is 84.0 Å². The quantitative estimate of drug-likeness (QED) is 0.408. The highest BCUT2D eigenvalue weighted by molar-refractivity contribution is 9.10. The molecule has 2 N–H and O–H groups in total. The third kappa shape index (κ3) is 6.32. The third-order valence-corrected chi connectivity index (χ3v) is 7.82. The van der Waals surface area contributed by atoms with Crippen molar-refractivity contribution in [1.29, 1.82) is 0 Å². The van der Waals surface area contributed by atoms with Gasteiger partial charge in [-0.3, -0.25) is 14.5 Å². The molecule has 3 aromatic heterocycles. The molecule has 0 aliphatic carbocycles. The van der Waals surface area contributed by atoms with E-state index in [4.69, 9.17) is 0 Å². The molecule has 0 bridgehead atoms. The van der Waals surface area contributed by atoms with Gasteiger partial charge in [-0.1, -0.05) is 0 Å². The van der Waals surface area contributed by atoms with Gasteiger partial charge in [-0.25, -0.2) is 0 Å². The number of aryl methyl sites for hydroxylation is 2. The summed E-state index contributed by atoms with van der Waals surface area (Å²) >= 11 is 3.54. The van der Waals surface area contributed by atoms with Gasteiger partial charge in [0.15, 0.2) is 0 Å². The van der Waals surface area contributed by atoms with E-state index in [2.05, 4.69) is 42.5 Å². The lowest BCUT2D eigenvalue weighted by atomic mass is 10.00. The number of alkyl halides is 3. The molecule has 0 spiro atoms. The summed E-state index contributed by atoms with van der Waals surface area (Å²) in [5.41, 5.74) is 5.03. The molecule has 1 saturated heterocycles. The highest BCUT2D eigenvalue weighted by atomic mass is 79.9. The highest BCUT2D eigenvalue weighted by Crippen LogP contribution is 2.31. The Morgan fingerprint density at radius 1 is 1.13 bits per heavy atom. The molecule has 206 valence electrons. The number of carbonyl (C=O) groups is 1. The molecule has 3 aromatic rings. The maximum absolute atomic E-state index is 13.4. The molecule has 1 atom stereocenters. The van der Waals surface area contributed by atoms with E-state index in [-0.39, 0.29) is 30.6 Å². The number of nitrogens with zero attached hydrogens (tertiary/aromatic N) is 3. The molecule has 7 nitrogen and oxygen atoms in total. The number of pyridine rings is 2. The summed E-state index contributed by atoms with van der Waals surface area (Å²) in [6.07, 6.45) is -2.99. The Balaban J connectivity index is 1.56. The fourth-order valence-corrected chi connectivity index (χ4v) is 5.73. The molecule has 11 heteroatoms. The average molecular weight is 596 g/mol. The first-order valence-electron chi connectivity index (χ1n) is 12.7. The van der Waals surface area contributed by atoms with E-state index in [0.29, 0.717) is 37.3 Å². The van der Waals surface area contributed by atoms with Crippen molar-refractivity contribution in [2.75, 3.05) is 32.7 Å². The Kier molecular flexibility index (Phi) is 8.39. The van der Waals surface area contributed by atoms with Gasteiger partial charge >= 0.3 is 6.18 Å². The summed E-state index contributed by atoms with van der Waals surface area (Å²) < 4.78 is 40.9. The molecule has 1 amide bonds. The van der Waals surface area contributed by atoms with E-state index in [1.165, 1.54) is 0 Å². The molecule has 1 aliphatic rings. The van der Waals surface area contributed by atoms with Crippen molar-refractivity contribution in [3.8, 4) is 0 Å². The standard InChI is InChI=1S/C27H33BrF3N5O2/c1-16-11-17(2)33-26(38)23(16)14-32-25(37)22-13-21-12-20(28)15-36(21)24(18(22)3)19(4)35-9-7-34(8-10-35)6-5-27(29,30)31/h11-13,15,19H,5-10,14H2,1-4H3,(H,32,37)(H,33,38). The average Bonchev–Trinajstić information content (AvgIpc) is 3.20. The van der Waals surface area contributed by atoms with Crippen molar-refractivity contribution >= 4 is 27.4 Å². The number of hydrogen-bond donors (Lipinski definition) is 2. The van der Waals surface area contributed by atoms with E-state index in [9.17, 15) is 22.8 Å². The second-order valence-electron chi connectivity index (χ2n) is 10.1. The number of H-pyrrole nitrogens is 1. The van der Waals surface area contributed by atoms with Gasteiger partial charge in [0.25, 0.3) is 11.5 Å². The number of rotatable bonds is 7. The summed E-state index contributed by atoms with van der Waals surface area (Å²) in [6, 6.07) is 5.58. The Hall–Kier alpha value is -2.63. The predicted molar refractivity (Wildman–Crippen MR) is 145 cm³/mol. The number of carbonyl (C=O) groups excluding carboxylic acids is 1. The summed E-state index contributed by atoms with van der Waals surface area (Å²) in [7, 11) is 0. The maximum atomic E-state index is 13.4. The number of amides is 1. The molecular formula is C27H33BrF3N5O2.